The minimum absolute atomic E-state index is 0.000163. The van der Waals surface area contributed by atoms with Crippen LogP contribution in [0.5, 0.6) is 0 Å². The summed E-state index contributed by atoms with van der Waals surface area (Å²) in [5, 5.41) is 0. The molecule has 1 saturated heterocycles. The lowest BCUT2D eigenvalue weighted by Crippen LogP contribution is -2.25. The number of hydrogen-bond acceptors (Lipinski definition) is 3. The molecule has 0 aromatic carbocycles. The summed E-state index contributed by atoms with van der Waals surface area (Å²) in [7, 11) is 0. The summed E-state index contributed by atoms with van der Waals surface area (Å²) in [5.74, 6) is 0.543. The quantitative estimate of drug-likeness (QED) is 0.532. The molecule has 0 aromatic heterocycles. The maximum absolute atomic E-state index is 5.87. The molecule has 1 aliphatic heterocycles. The van der Waals surface area contributed by atoms with Gasteiger partial charge in [-0.25, -0.2) is 0 Å². The van der Waals surface area contributed by atoms with E-state index in [2.05, 4.69) is 19.1 Å². The molecule has 2 rings (SSSR count). The van der Waals surface area contributed by atoms with Gasteiger partial charge >= 0.3 is 0 Å². The average Bonchev–Trinajstić information content (AvgIpc) is 2.79. The highest BCUT2D eigenvalue weighted by atomic mass is 16.7. The van der Waals surface area contributed by atoms with Gasteiger partial charge in [-0.2, -0.15) is 0 Å². The highest BCUT2D eigenvalue weighted by Crippen LogP contribution is 2.28. The third-order valence-electron chi connectivity index (χ3n) is 3.12. The molecule has 0 saturated carbocycles. The van der Waals surface area contributed by atoms with Gasteiger partial charge in [0.25, 0.3) is 0 Å². The van der Waals surface area contributed by atoms with Crippen molar-refractivity contribution in [1.82, 2.24) is 0 Å². The Kier molecular flexibility index (Phi) is 4.82. The second kappa shape index (κ2) is 6.38. The van der Waals surface area contributed by atoms with Crippen molar-refractivity contribution in [1.29, 1.82) is 0 Å². The van der Waals surface area contributed by atoms with E-state index in [1.807, 2.05) is 0 Å². The van der Waals surface area contributed by atoms with Crippen LogP contribution in [0.3, 0.4) is 0 Å². The molecule has 3 atom stereocenters. The molecule has 1 heterocycles. The maximum atomic E-state index is 5.87. The fourth-order valence-electron chi connectivity index (χ4n) is 2.23. The summed E-state index contributed by atoms with van der Waals surface area (Å²) in [6, 6.07) is 0. The maximum Gasteiger partial charge on any atom is 0.161 e. The SMILES string of the molecule is CCCOCC1COC(C2CC=CCC2)O1. The van der Waals surface area contributed by atoms with E-state index < -0.39 is 0 Å². The van der Waals surface area contributed by atoms with Crippen LogP contribution in [-0.4, -0.2) is 32.2 Å². The van der Waals surface area contributed by atoms with Crippen molar-refractivity contribution in [2.45, 2.75) is 45.0 Å². The van der Waals surface area contributed by atoms with Crippen LogP contribution in [0.15, 0.2) is 12.2 Å². The van der Waals surface area contributed by atoms with Crippen LogP contribution < -0.4 is 0 Å². The van der Waals surface area contributed by atoms with Crippen LogP contribution in [0, 0.1) is 5.92 Å². The predicted octanol–water partition coefficient (Wildman–Crippen LogP) is 2.51. The van der Waals surface area contributed by atoms with Crippen LogP contribution in [0.1, 0.15) is 32.6 Å². The Morgan fingerprint density at radius 3 is 3.06 bits per heavy atom. The van der Waals surface area contributed by atoms with Crippen molar-refractivity contribution < 1.29 is 14.2 Å². The lowest BCUT2D eigenvalue weighted by atomic mass is 9.94. The second-order valence-electron chi connectivity index (χ2n) is 4.58. The van der Waals surface area contributed by atoms with Crippen molar-refractivity contribution in [3.8, 4) is 0 Å². The molecule has 0 radical (unpaired) electrons. The number of ether oxygens (including phenoxy) is 3. The van der Waals surface area contributed by atoms with Crippen LogP contribution in [0.4, 0.5) is 0 Å². The van der Waals surface area contributed by atoms with Gasteiger partial charge in [-0.3, -0.25) is 0 Å². The van der Waals surface area contributed by atoms with Crippen LogP contribution in [0.25, 0.3) is 0 Å². The van der Waals surface area contributed by atoms with Crippen LogP contribution in [0.2, 0.25) is 0 Å². The highest BCUT2D eigenvalue weighted by Gasteiger charge is 2.32. The summed E-state index contributed by atoms with van der Waals surface area (Å²) in [5.41, 5.74) is 0. The van der Waals surface area contributed by atoms with Crippen molar-refractivity contribution in [3.63, 3.8) is 0 Å². The van der Waals surface area contributed by atoms with Gasteiger partial charge in [0.15, 0.2) is 6.29 Å². The first-order valence-corrected chi connectivity index (χ1v) is 6.40. The Morgan fingerprint density at radius 2 is 2.31 bits per heavy atom. The summed E-state index contributed by atoms with van der Waals surface area (Å²) in [6.45, 7) is 4.29. The summed E-state index contributed by atoms with van der Waals surface area (Å²) < 4.78 is 17.0. The van der Waals surface area contributed by atoms with E-state index in [4.69, 9.17) is 14.2 Å². The number of rotatable bonds is 5. The first-order chi connectivity index (χ1) is 7.90. The van der Waals surface area contributed by atoms with Gasteiger partial charge in [0.2, 0.25) is 0 Å². The molecule has 0 N–H and O–H groups in total. The number of hydrogen-bond donors (Lipinski definition) is 0. The zero-order chi connectivity index (χ0) is 11.2. The van der Waals surface area contributed by atoms with E-state index >= 15 is 0 Å². The molecule has 3 heteroatoms. The Bertz CT molecular complexity index is 227. The molecule has 0 bridgehead atoms. The van der Waals surface area contributed by atoms with Crippen molar-refractivity contribution in [2.75, 3.05) is 19.8 Å². The minimum atomic E-state index is 0.000163. The summed E-state index contributed by atoms with van der Waals surface area (Å²) >= 11 is 0. The molecule has 2 aliphatic rings. The van der Waals surface area contributed by atoms with Crippen LogP contribution in [-0.2, 0) is 14.2 Å². The number of allylic oxidation sites excluding steroid dienone is 2. The third-order valence-corrected chi connectivity index (χ3v) is 3.12. The first kappa shape index (κ1) is 12.1. The largest absolute Gasteiger partial charge is 0.379 e. The predicted molar refractivity (Wildman–Crippen MR) is 62.2 cm³/mol. The van der Waals surface area contributed by atoms with E-state index in [0.717, 1.165) is 25.9 Å². The molecule has 0 spiro atoms. The third kappa shape index (κ3) is 3.30. The molecule has 0 amide bonds. The van der Waals surface area contributed by atoms with Gasteiger partial charge in [-0.15, -0.1) is 0 Å². The molecule has 0 aromatic rings. The molecular weight excluding hydrogens is 204 g/mol. The smallest absolute Gasteiger partial charge is 0.161 e. The van der Waals surface area contributed by atoms with Gasteiger partial charge in [0, 0.05) is 12.5 Å². The van der Waals surface area contributed by atoms with E-state index in [-0.39, 0.29) is 12.4 Å². The average molecular weight is 226 g/mol. The first-order valence-electron chi connectivity index (χ1n) is 6.40. The fraction of sp³-hybridized carbons (Fsp3) is 0.846. The summed E-state index contributed by atoms with van der Waals surface area (Å²) in [6.07, 6.45) is 9.11. The van der Waals surface area contributed by atoms with E-state index in [0.29, 0.717) is 19.1 Å². The summed E-state index contributed by atoms with van der Waals surface area (Å²) in [4.78, 5) is 0. The molecule has 1 fully saturated rings. The normalized spacial score (nSPS) is 34.4. The molecule has 3 unspecified atom stereocenters. The Morgan fingerprint density at radius 1 is 1.38 bits per heavy atom. The van der Waals surface area contributed by atoms with E-state index in [1.54, 1.807) is 0 Å². The zero-order valence-electron chi connectivity index (χ0n) is 10.1. The topological polar surface area (TPSA) is 27.7 Å². The standard InChI is InChI=1S/C13H22O3/c1-2-8-14-9-12-10-15-13(16-12)11-6-4-3-5-7-11/h3-4,11-13H,2,5-10H2,1H3. The Labute approximate surface area is 97.8 Å². The molecule has 92 valence electrons. The van der Waals surface area contributed by atoms with Gasteiger partial charge in [0.1, 0.15) is 6.10 Å². The molecule has 16 heavy (non-hydrogen) atoms. The Balaban J connectivity index is 1.68. The molecule has 3 nitrogen and oxygen atoms in total. The van der Waals surface area contributed by atoms with Gasteiger partial charge in [-0.05, 0) is 25.7 Å². The van der Waals surface area contributed by atoms with Gasteiger partial charge in [0.05, 0.1) is 13.2 Å². The van der Waals surface area contributed by atoms with Crippen molar-refractivity contribution in [2.24, 2.45) is 5.92 Å². The Hall–Kier alpha value is -0.380. The van der Waals surface area contributed by atoms with Crippen molar-refractivity contribution in [3.05, 3.63) is 12.2 Å². The second-order valence-corrected chi connectivity index (χ2v) is 4.58. The molecular formula is C13H22O3. The highest BCUT2D eigenvalue weighted by molar-refractivity contribution is 4.91. The van der Waals surface area contributed by atoms with Crippen LogP contribution >= 0.6 is 0 Å². The zero-order valence-corrected chi connectivity index (χ0v) is 10.1. The van der Waals surface area contributed by atoms with Gasteiger partial charge in [-0.1, -0.05) is 19.1 Å². The monoisotopic (exact) mass is 226 g/mol. The lowest BCUT2D eigenvalue weighted by molar-refractivity contribution is -0.107. The fourth-order valence-corrected chi connectivity index (χ4v) is 2.23. The van der Waals surface area contributed by atoms with E-state index in [1.165, 1.54) is 6.42 Å². The van der Waals surface area contributed by atoms with E-state index in [9.17, 15) is 0 Å². The minimum Gasteiger partial charge on any atom is -0.379 e. The van der Waals surface area contributed by atoms with Gasteiger partial charge < -0.3 is 14.2 Å². The van der Waals surface area contributed by atoms with Crippen molar-refractivity contribution >= 4 is 0 Å². The molecule has 1 aliphatic carbocycles. The lowest BCUT2D eigenvalue weighted by Gasteiger charge is -2.23.